The number of carbonyl (C=O) groups is 2. The van der Waals surface area contributed by atoms with Gasteiger partial charge in [-0.3, -0.25) is 9.59 Å². The Labute approximate surface area is 145 Å². The fourth-order valence-electron chi connectivity index (χ4n) is 3.23. The Hall–Kier alpha value is -1.26. The zero-order chi connectivity index (χ0) is 18.4. The summed E-state index contributed by atoms with van der Waals surface area (Å²) >= 11 is 0. The Morgan fingerprint density at radius 1 is 1.04 bits per heavy atom. The van der Waals surface area contributed by atoms with E-state index in [2.05, 4.69) is 0 Å². The average molecular weight is 360 g/mol. The Balaban J connectivity index is 1.71. The van der Waals surface area contributed by atoms with Crippen LogP contribution in [-0.2, 0) is 38.0 Å². The third kappa shape index (κ3) is 4.12. The Morgan fingerprint density at radius 2 is 1.76 bits per heavy atom. The molecule has 3 fully saturated rings. The van der Waals surface area contributed by atoms with Gasteiger partial charge in [0.2, 0.25) is 0 Å². The van der Waals surface area contributed by atoms with Crippen LogP contribution in [0.15, 0.2) is 0 Å². The number of hydrogen-bond acceptors (Lipinski definition) is 8. The lowest BCUT2D eigenvalue weighted by molar-refractivity contribution is -0.235. The molecule has 25 heavy (non-hydrogen) atoms. The molecule has 0 aromatic carbocycles. The number of ether oxygens (including phenoxy) is 6. The standard InChI is InChI=1S/C16H24O9/c1-15(2)20-7-8(23-15)11-12(21-10(19)6-5-9(17)18)13-14(22-11)25-16(3,4)24-13/h8,11-14H,5-7H2,1-4H3,(H,17,18)/t8?,11-,12+,13-,14-/m1/s1. The van der Waals surface area contributed by atoms with E-state index in [1.54, 1.807) is 27.7 Å². The van der Waals surface area contributed by atoms with Crippen molar-refractivity contribution in [2.45, 2.75) is 82.8 Å². The van der Waals surface area contributed by atoms with Crippen LogP contribution in [0, 0.1) is 0 Å². The van der Waals surface area contributed by atoms with E-state index in [1.807, 2.05) is 0 Å². The van der Waals surface area contributed by atoms with Crippen LogP contribution < -0.4 is 0 Å². The highest BCUT2D eigenvalue weighted by atomic mass is 16.8. The summed E-state index contributed by atoms with van der Waals surface area (Å²) in [5.74, 6) is -3.32. The third-order valence-electron chi connectivity index (χ3n) is 4.23. The smallest absolute Gasteiger partial charge is 0.306 e. The van der Waals surface area contributed by atoms with E-state index < -0.39 is 54.2 Å². The van der Waals surface area contributed by atoms with Gasteiger partial charge in [-0.15, -0.1) is 0 Å². The minimum Gasteiger partial charge on any atom is -0.481 e. The third-order valence-corrected chi connectivity index (χ3v) is 4.23. The highest BCUT2D eigenvalue weighted by Gasteiger charge is 2.59. The molecule has 3 aliphatic heterocycles. The number of rotatable bonds is 5. The van der Waals surface area contributed by atoms with Crippen LogP contribution in [0.3, 0.4) is 0 Å². The molecule has 9 nitrogen and oxygen atoms in total. The first-order valence-electron chi connectivity index (χ1n) is 8.30. The summed E-state index contributed by atoms with van der Waals surface area (Å²) in [6, 6.07) is 0. The van der Waals surface area contributed by atoms with Gasteiger partial charge in [-0.25, -0.2) is 0 Å². The SMILES string of the molecule is CC1(C)OCC([C@H]2O[C@@H]3OC(C)(C)O[C@@H]3[C@H]2OC(=O)CCC(=O)O)O1. The lowest BCUT2D eigenvalue weighted by Gasteiger charge is -2.28. The van der Waals surface area contributed by atoms with E-state index in [1.165, 1.54) is 0 Å². The summed E-state index contributed by atoms with van der Waals surface area (Å²) in [7, 11) is 0. The zero-order valence-corrected chi connectivity index (χ0v) is 14.7. The van der Waals surface area contributed by atoms with Crippen molar-refractivity contribution in [3.63, 3.8) is 0 Å². The van der Waals surface area contributed by atoms with Gasteiger partial charge in [0.15, 0.2) is 30.1 Å². The number of aliphatic carboxylic acids is 1. The normalized spacial score (nSPS) is 38.5. The second kappa shape index (κ2) is 6.48. The van der Waals surface area contributed by atoms with Gasteiger partial charge in [0.05, 0.1) is 19.4 Å². The van der Waals surface area contributed by atoms with Crippen LogP contribution >= 0.6 is 0 Å². The second-order valence-corrected chi connectivity index (χ2v) is 7.28. The molecule has 3 aliphatic rings. The van der Waals surface area contributed by atoms with Crippen LogP contribution in [0.4, 0.5) is 0 Å². The van der Waals surface area contributed by atoms with Gasteiger partial charge in [-0.1, -0.05) is 0 Å². The molecule has 142 valence electrons. The second-order valence-electron chi connectivity index (χ2n) is 7.28. The molecule has 3 saturated heterocycles. The van der Waals surface area contributed by atoms with Crippen molar-refractivity contribution in [2.75, 3.05) is 6.61 Å². The van der Waals surface area contributed by atoms with Crippen molar-refractivity contribution >= 4 is 11.9 Å². The van der Waals surface area contributed by atoms with E-state index in [4.69, 9.17) is 33.5 Å². The largest absolute Gasteiger partial charge is 0.481 e. The van der Waals surface area contributed by atoms with E-state index in [9.17, 15) is 9.59 Å². The molecular weight excluding hydrogens is 336 g/mol. The van der Waals surface area contributed by atoms with Crippen molar-refractivity contribution in [3.8, 4) is 0 Å². The Morgan fingerprint density at radius 3 is 2.36 bits per heavy atom. The van der Waals surface area contributed by atoms with Gasteiger partial charge < -0.3 is 33.5 Å². The molecule has 0 aromatic rings. The highest BCUT2D eigenvalue weighted by Crippen LogP contribution is 2.42. The van der Waals surface area contributed by atoms with Crippen LogP contribution in [0.5, 0.6) is 0 Å². The minimum atomic E-state index is -1.06. The number of carboxylic acids is 1. The maximum Gasteiger partial charge on any atom is 0.306 e. The molecule has 0 saturated carbocycles. The maximum absolute atomic E-state index is 12.0. The predicted octanol–water partition coefficient (Wildman–Crippen LogP) is 0.791. The number of carboxylic acid groups (broad SMARTS) is 1. The quantitative estimate of drug-likeness (QED) is 0.712. The summed E-state index contributed by atoms with van der Waals surface area (Å²) in [5.41, 5.74) is 0. The molecule has 1 unspecified atom stereocenters. The van der Waals surface area contributed by atoms with E-state index >= 15 is 0 Å². The molecule has 9 heteroatoms. The summed E-state index contributed by atoms with van der Waals surface area (Å²) in [4.78, 5) is 22.7. The lowest BCUT2D eigenvalue weighted by atomic mass is 10.1. The van der Waals surface area contributed by atoms with Gasteiger partial charge >= 0.3 is 11.9 Å². The van der Waals surface area contributed by atoms with Gasteiger partial charge in [0, 0.05) is 0 Å². The van der Waals surface area contributed by atoms with Crippen molar-refractivity contribution in [3.05, 3.63) is 0 Å². The van der Waals surface area contributed by atoms with Crippen LogP contribution in [0.1, 0.15) is 40.5 Å². The van der Waals surface area contributed by atoms with E-state index in [0.717, 1.165) is 0 Å². The molecule has 3 heterocycles. The summed E-state index contributed by atoms with van der Waals surface area (Å²) in [6.07, 6.45) is -3.67. The lowest BCUT2D eigenvalue weighted by Crippen LogP contribution is -2.45. The number of hydrogen-bond donors (Lipinski definition) is 1. The number of fused-ring (bicyclic) bond motifs is 1. The van der Waals surface area contributed by atoms with Crippen molar-refractivity contribution in [1.82, 2.24) is 0 Å². The zero-order valence-electron chi connectivity index (χ0n) is 14.7. The van der Waals surface area contributed by atoms with E-state index in [0.29, 0.717) is 0 Å². The fourth-order valence-corrected chi connectivity index (χ4v) is 3.23. The molecule has 0 spiro atoms. The Bertz CT molecular complexity index is 544. The first kappa shape index (κ1) is 18.5. The van der Waals surface area contributed by atoms with Gasteiger partial charge in [0.25, 0.3) is 0 Å². The van der Waals surface area contributed by atoms with Gasteiger partial charge in [0.1, 0.15) is 12.2 Å². The first-order chi connectivity index (χ1) is 11.6. The molecule has 0 radical (unpaired) electrons. The summed E-state index contributed by atoms with van der Waals surface area (Å²) in [6.45, 7) is 7.33. The molecule has 0 amide bonds. The van der Waals surface area contributed by atoms with Crippen LogP contribution in [0.25, 0.3) is 0 Å². The number of esters is 1. The minimum absolute atomic E-state index is 0.228. The molecule has 1 N–H and O–H groups in total. The van der Waals surface area contributed by atoms with E-state index in [-0.39, 0.29) is 19.4 Å². The fraction of sp³-hybridized carbons (Fsp3) is 0.875. The summed E-state index contributed by atoms with van der Waals surface area (Å²) < 4.78 is 34.3. The predicted molar refractivity (Wildman–Crippen MR) is 80.4 cm³/mol. The maximum atomic E-state index is 12.0. The number of carbonyl (C=O) groups excluding carboxylic acids is 1. The van der Waals surface area contributed by atoms with Crippen molar-refractivity contribution in [2.24, 2.45) is 0 Å². The van der Waals surface area contributed by atoms with Crippen LogP contribution in [0.2, 0.25) is 0 Å². The molecule has 0 bridgehead atoms. The monoisotopic (exact) mass is 360 g/mol. The van der Waals surface area contributed by atoms with Crippen LogP contribution in [-0.4, -0.2) is 65.9 Å². The highest BCUT2D eigenvalue weighted by molar-refractivity contribution is 5.76. The summed E-state index contributed by atoms with van der Waals surface area (Å²) in [5, 5.41) is 8.71. The Kier molecular flexibility index (Phi) is 4.80. The van der Waals surface area contributed by atoms with Crippen molar-refractivity contribution in [1.29, 1.82) is 0 Å². The molecule has 3 rings (SSSR count). The van der Waals surface area contributed by atoms with Gasteiger partial charge in [-0.2, -0.15) is 0 Å². The average Bonchev–Trinajstić information content (AvgIpc) is 3.08. The van der Waals surface area contributed by atoms with Crippen molar-refractivity contribution < 1.29 is 43.1 Å². The topological polar surface area (TPSA) is 110 Å². The molecule has 0 aliphatic carbocycles. The first-order valence-corrected chi connectivity index (χ1v) is 8.30. The van der Waals surface area contributed by atoms with Gasteiger partial charge in [-0.05, 0) is 27.7 Å². The molecular formula is C16H24O9. The molecule has 0 aromatic heterocycles. The molecule has 5 atom stereocenters.